The summed E-state index contributed by atoms with van der Waals surface area (Å²) in [7, 11) is 0. The van der Waals surface area contributed by atoms with Gasteiger partial charge in [-0.25, -0.2) is 0 Å². The summed E-state index contributed by atoms with van der Waals surface area (Å²) in [5.74, 6) is 5.32. The molecule has 0 aromatic rings. The highest BCUT2D eigenvalue weighted by Gasteiger charge is 2.64. The van der Waals surface area contributed by atoms with E-state index in [0.717, 1.165) is 50.0 Å². The van der Waals surface area contributed by atoms with Crippen LogP contribution in [0.25, 0.3) is 0 Å². The molecule has 36 heavy (non-hydrogen) atoms. The lowest BCUT2D eigenvalue weighted by Crippen LogP contribution is -2.54. The lowest BCUT2D eigenvalue weighted by Gasteiger charge is -2.61. The van der Waals surface area contributed by atoms with Crippen molar-refractivity contribution < 1.29 is 19.1 Å². The largest absolute Gasteiger partial charge is 0.494 e. The van der Waals surface area contributed by atoms with Gasteiger partial charge < -0.3 is 14.8 Å². The van der Waals surface area contributed by atoms with E-state index < -0.39 is 0 Å². The first-order valence-corrected chi connectivity index (χ1v) is 14.8. The molecule has 4 saturated carbocycles. The number of rotatable bonds is 6. The number of fused-ring (bicyclic) bond motifs is 7. The van der Waals surface area contributed by atoms with Crippen LogP contribution in [0.4, 0.5) is 0 Å². The molecule has 0 unspecified atom stereocenters. The summed E-state index contributed by atoms with van der Waals surface area (Å²) in [4.78, 5) is 22.8. The van der Waals surface area contributed by atoms with Gasteiger partial charge in [-0.3, -0.25) is 9.59 Å². The average Bonchev–Trinajstić information content (AvgIpc) is 3.29. The van der Waals surface area contributed by atoms with Gasteiger partial charge in [0.05, 0.1) is 5.76 Å². The van der Waals surface area contributed by atoms with Crippen LogP contribution in [0.15, 0.2) is 11.3 Å². The van der Waals surface area contributed by atoms with Crippen LogP contribution in [0.2, 0.25) is 0 Å². The molecule has 1 amide bonds. The highest BCUT2D eigenvalue weighted by atomic mass is 16.5. The van der Waals surface area contributed by atoms with E-state index in [9.17, 15) is 9.59 Å². The van der Waals surface area contributed by atoms with E-state index in [2.05, 4.69) is 33.0 Å². The van der Waals surface area contributed by atoms with Gasteiger partial charge in [-0.15, -0.1) is 0 Å². The van der Waals surface area contributed by atoms with Crippen LogP contribution in [0.3, 0.4) is 0 Å². The van der Waals surface area contributed by atoms with Crippen molar-refractivity contribution in [1.82, 2.24) is 5.32 Å². The van der Waals surface area contributed by atoms with Crippen LogP contribution < -0.4 is 5.32 Å². The minimum atomic E-state index is -0.117. The van der Waals surface area contributed by atoms with Crippen molar-refractivity contribution >= 4 is 11.9 Å². The second-order valence-electron chi connectivity index (χ2n) is 13.8. The summed E-state index contributed by atoms with van der Waals surface area (Å²) in [5.41, 5.74) is 2.29. The van der Waals surface area contributed by atoms with Crippen LogP contribution in [0, 0.1) is 46.3 Å². The average molecular weight is 500 g/mol. The van der Waals surface area contributed by atoms with Crippen molar-refractivity contribution in [3.05, 3.63) is 11.3 Å². The smallest absolute Gasteiger partial charge is 0.302 e. The summed E-state index contributed by atoms with van der Waals surface area (Å²) in [5, 5.41) is 2.96. The molecule has 1 heterocycles. The monoisotopic (exact) mass is 499 g/mol. The number of hydrogen-bond acceptors (Lipinski definition) is 4. The Morgan fingerprint density at radius 3 is 2.53 bits per heavy atom. The third-order valence-corrected chi connectivity index (χ3v) is 11.7. The first-order chi connectivity index (χ1) is 17.0. The molecule has 5 nitrogen and oxygen atoms in total. The Morgan fingerprint density at radius 1 is 1.06 bits per heavy atom. The van der Waals surface area contributed by atoms with E-state index in [1.54, 1.807) is 13.8 Å². The second kappa shape index (κ2) is 9.66. The van der Waals surface area contributed by atoms with Gasteiger partial charge in [0.2, 0.25) is 5.91 Å². The molecule has 0 spiro atoms. The van der Waals surface area contributed by atoms with Crippen molar-refractivity contribution in [2.24, 2.45) is 46.3 Å². The van der Waals surface area contributed by atoms with E-state index >= 15 is 0 Å². The van der Waals surface area contributed by atoms with Gasteiger partial charge in [0.15, 0.2) is 0 Å². The Balaban J connectivity index is 1.26. The summed E-state index contributed by atoms with van der Waals surface area (Å²) in [6.45, 7) is 13.6. The van der Waals surface area contributed by atoms with Crippen LogP contribution in [-0.4, -0.2) is 30.6 Å². The van der Waals surface area contributed by atoms with Gasteiger partial charge in [-0.05, 0) is 111 Å². The molecule has 5 rings (SSSR count). The number of ether oxygens (including phenoxy) is 2. The number of allylic oxidation sites excluding steroid dienone is 1. The molecule has 1 N–H and O–H groups in total. The molecule has 5 heteroatoms. The lowest BCUT2D eigenvalue weighted by atomic mass is 9.44. The quantitative estimate of drug-likeness (QED) is 0.429. The van der Waals surface area contributed by atoms with E-state index in [4.69, 9.17) is 9.47 Å². The normalized spacial score (nSPS) is 44.0. The van der Waals surface area contributed by atoms with Crippen molar-refractivity contribution in [1.29, 1.82) is 0 Å². The highest BCUT2D eigenvalue weighted by Crippen LogP contribution is 2.69. The topological polar surface area (TPSA) is 64.6 Å². The Morgan fingerprint density at radius 2 is 1.81 bits per heavy atom. The number of carbonyl (C=O) groups is 2. The molecule has 1 aliphatic heterocycles. The van der Waals surface area contributed by atoms with Crippen molar-refractivity contribution in [3.63, 3.8) is 0 Å². The number of amides is 1. The fourth-order valence-electron chi connectivity index (χ4n) is 9.94. The van der Waals surface area contributed by atoms with Gasteiger partial charge in [-0.1, -0.05) is 20.8 Å². The minimum Gasteiger partial charge on any atom is -0.494 e. The maximum atomic E-state index is 11.6. The van der Waals surface area contributed by atoms with E-state index in [-0.39, 0.29) is 18.0 Å². The molecule has 4 aliphatic carbocycles. The molecule has 0 aromatic carbocycles. The lowest BCUT2D eigenvalue weighted by molar-refractivity contribution is -0.159. The number of esters is 1. The zero-order valence-corrected chi connectivity index (χ0v) is 23.5. The van der Waals surface area contributed by atoms with Crippen LogP contribution in [-0.2, 0) is 19.1 Å². The van der Waals surface area contributed by atoms with Gasteiger partial charge in [0.1, 0.15) is 12.2 Å². The maximum absolute atomic E-state index is 11.6. The van der Waals surface area contributed by atoms with Crippen molar-refractivity contribution in [2.75, 3.05) is 6.54 Å². The first kappa shape index (κ1) is 26.1. The molecule has 0 aromatic heterocycles. The molecule has 202 valence electrons. The highest BCUT2D eigenvalue weighted by molar-refractivity contribution is 5.72. The molecular weight excluding hydrogens is 450 g/mol. The third-order valence-electron chi connectivity index (χ3n) is 11.7. The second-order valence-corrected chi connectivity index (χ2v) is 13.8. The van der Waals surface area contributed by atoms with E-state index in [0.29, 0.717) is 34.7 Å². The van der Waals surface area contributed by atoms with Crippen LogP contribution >= 0.6 is 0 Å². The number of nitrogens with one attached hydrogen (secondary N) is 1. The summed E-state index contributed by atoms with van der Waals surface area (Å²) in [6.07, 6.45) is 12.4. The van der Waals surface area contributed by atoms with Crippen LogP contribution in [0.1, 0.15) is 106 Å². The molecule has 5 aliphatic rings. The predicted octanol–water partition coefficient (Wildman–Crippen LogP) is 6.41. The molecule has 4 fully saturated rings. The standard InChI is InChI=1S/C31H49NO4/c1-18(17-32-20(3)33)7-10-27-19(2)29-28(36-27)16-26-24-9-8-22-15-23(35-21(4)34)11-13-30(22,5)25(24)12-14-31(26,29)6/h18,22-26,28-29H,7-17H2,1-6H3,(H,32,33)/t18-,22+,23-,24-,25+,26-,28+,29-,30+,31+/m1/s1. The van der Waals surface area contributed by atoms with Gasteiger partial charge in [-0.2, -0.15) is 0 Å². The van der Waals surface area contributed by atoms with Crippen LogP contribution in [0.5, 0.6) is 0 Å². The molecule has 10 atom stereocenters. The molecule has 0 bridgehead atoms. The zero-order chi connectivity index (χ0) is 25.8. The maximum Gasteiger partial charge on any atom is 0.302 e. The fraction of sp³-hybridized carbons (Fsp3) is 0.871. The van der Waals surface area contributed by atoms with Gasteiger partial charge in [0.25, 0.3) is 0 Å². The third kappa shape index (κ3) is 4.41. The van der Waals surface area contributed by atoms with Crippen molar-refractivity contribution in [3.8, 4) is 0 Å². The number of carbonyl (C=O) groups excluding carboxylic acids is 2. The Labute approximate surface area is 218 Å². The van der Waals surface area contributed by atoms with E-state index in [1.165, 1.54) is 49.9 Å². The van der Waals surface area contributed by atoms with Crippen molar-refractivity contribution in [2.45, 2.75) is 118 Å². The Bertz CT molecular complexity index is 912. The zero-order valence-electron chi connectivity index (χ0n) is 23.5. The predicted molar refractivity (Wildman–Crippen MR) is 141 cm³/mol. The van der Waals surface area contributed by atoms with E-state index in [1.807, 2.05) is 0 Å². The summed E-state index contributed by atoms with van der Waals surface area (Å²) in [6, 6.07) is 0. The summed E-state index contributed by atoms with van der Waals surface area (Å²) >= 11 is 0. The minimum absolute atomic E-state index is 0.0544. The fourth-order valence-corrected chi connectivity index (χ4v) is 9.94. The molecular formula is C31H49NO4. The van der Waals surface area contributed by atoms with Gasteiger partial charge in [0, 0.05) is 32.7 Å². The Kier molecular flexibility index (Phi) is 7.00. The SMILES string of the molecule is CC(=O)NC[C@H](C)CCC1=C(C)[C@@H]2[C@H](C[C@@H]3[C@@H]4CC[C@H]5C[C@H](OC(C)=O)CC[C@]5(C)[C@H]4CC[C@@]32C)O1. The summed E-state index contributed by atoms with van der Waals surface area (Å²) < 4.78 is 12.4. The molecule has 0 saturated heterocycles. The Hall–Kier alpha value is -1.52. The number of hydrogen-bond donors (Lipinski definition) is 1. The van der Waals surface area contributed by atoms with Gasteiger partial charge >= 0.3 is 5.97 Å². The molecule has 0 radical (unpaired) electrons. The first-order valence-electron chi connectivity index (χ1n) is 14.8.